The largest absolute Gasteiger partial charge is 0.394 e. The van der Waals surface area contributed by atoms with E-state index in [9.17, 15) is 9.90 Å². The molecule has 0 aromatic heterocycles. The highest BCUT2D eigenvalue weighted by Crippen LogP contribution is 2.38. The standard InChI is InChI=1S/C16H28N2O2/c1-11-5-7-16(10-19,8-6-11)18-15(20)14-13-4-2-3-12(13)9-17-14/h11-14,17,19H,2-10H2,1H3,(H,18,20). The summed E-state index contributed by atoms with van der Waals surface area (Å²) < 4.78 is 0. The molecule has 0 aromatic rings. The highest BCUT2D eigenvalue weighted by molar-refractivity contribution is 5.83. The first-order chi connectivity index (χ1) is 9.63. The smallest absolute Gasteiger partial charge is 0.237 e. The van der Waals surface area contributed by atoms with Gasteiger partial charge in [0, 0.05) is 0 Å². The van der Waals surface area contributed by atoms with Gasteiger partial charge in [0.05, 0.1) is 18.2 Å². The molecule has 3 atom stereocenters. The number of aliphatic hydroxyl groups excluding tert-OH is 1. The van der Waals surface area contributed by atoms with Gasteiger partial charge < -0.3 is 15.7 Å². The van der Waals surface area contributed by atoms with Gasteiger partial charge >= 0.3 is 0 Å². The molecule has 3 aliphatic rings. The fourth-order valence-corrected chi connectivity index (χ4v) is 4.45. The van der Waals surface area contributed by atoms with Crippen LogP contribution in [-0.4, -0.2) is 35.7 Å². The van der Waals surface area contributed by atoms with Crippen molar-refractivity contribution in [1.82, 2.24) is 10.6 Å². The molecule has 2 saturated carbocycles. The van der Waals surface area contributed by atoms with Gasteiger partial charge in [-0.2, -0.15) is 0 Å². The minimum Gasteiger partial charge on any atom is -0.394 e. The Morgan fingerprint density at radius 1 is 1.30 bits per heavy atom. The molecule has 1 saturated heterocycles. The molecule has 0 aromatic carbocycles. The maximum atomic E-state index is 12.6. The number of hydrogen-bond donors (Lipinski definition) is 3. The van der Waals surface area contributed by atoms with Crippen molar-refractivity contribution in [2.75, 3.05) is 13.2 Å². The Kier molecular flexibility index (Phi) is 4.04. The third-order valence-corrected chi connectivity index (χ3v) is 5.95. The first-order valence-corrected chi connectivity index (χ1v) is 8.30. The number of carbonyl (C=O) groups excluding carboxylic acids is 1. The van der Waals surface area contributed by atoms with Crippen molar-refractivity contribution in [3.63, 3.8) is 0 Å². The summed E-state index contributed by atoms with van der Waals surface area (Å²) in [4.78, 5) is 12.6. The lowest BCUT2D eigenvalue weighted by Gasteiger charge is -2.39. The predicted molar refractivity (Wildman–Crippen MR) is 78.2 cm³/mol. The number of hydrogen-bond acceptors (Lipinski definition) is 3. The Labute approximate surface area is 121 Å². The molecule has 0 radical (unpaired) electrons. The van der Waals surface area contributed by atoms with Crippen LogP contribution in [0, 0.1) is 17.8 Å². The van der Waals surface area contributed by atoms with Crippen molar-refractivity contribution in [3.05, 3.63) is 0 Å². The van der Waals surface area contributed by atoms with E-state index in [1.807, 2.05) is 0 Å². The van der Waals surface area contributed by atoms with Gasteiger partial charge in [-0.3, -0.25) is 4.79 Å². The molecule has 2 aliphatic carbocycles. The second kappa shape index (κ2) is 5.64. The van der Waals surface area contributed by atoms with Crippen LogP contribution in [-0.2, 0) is 4.79 Å². The van der Waals surface area contributed by atoms with E-state index < -0.39 is 0 Å². The summed E-state index contributed by atoms with van der Waals surface area (Å²) in [5.74, 6) is 2.06. The average Bonchev–Trinajstić information content (AvgIpc) is 3.04. The van der Waals surface area contributed by atoms with Gasteiger partial charge in [0.1, 0.15) is 0 Å². The topological polar surface area (TPSA) is 61.4 Å². The monoisotopic (exact) mass is 280 g/mol. The summed E-state index contributed by atoms with van der Waals surface area (Å²) in [6.07, 6.45) is 7.75. The third-order valence-electron chi connectivity index (χ3n) is 5.95. The van der Waals surface area contributed by atoms with E-state index in [-0.39, 0.29) is 24.1 Å². The Balaban J connectivity index is 1.62. The Bertz CT molecular complexity index is 363. The summed E-state index contributed by atoms with van der Waals surface area (Å²) in [6.45, 7) is 3.32. The maximum absolute atomic E-state index is 12.6. The van der Waals surface area contributed by atoms with Gasteiger partial charge in [-0.25, -0.2) is 0 Å². The van der Waals surface area contributed by atoms with E-state index in [2.05, 4.69) is 17.6 Å². The van der Waals surface area contributed by atoms with Crippen molar-refractivity contribution in [1.29, 1.82) is 0 Å². The SMILES string of the molecule is CC1CCC(CO)(NC(=O)C2NCC3CCCC32)CC1. The van der Waals surface area contributed by atoms with Gasteiger partial charge in [0.15, 0.2) is 0 Å². The lowest BCUT2D eigenvalue weighted by Crippen LogP contribution is -2.58. The molecule has 4 heteroatoms. The number of nitrogens with one attached hydrogen (secondary N) is 2. The zero-order valence-electron chi connectivity index (χ0n) is 12.5. The van der Waals surface area contributed by atoms with Crippen LogP contribution in [0.3, 0.4) is 0 Å². The molecule has 3 N–H and O–H groups in total. The van der Waals surface area contributed by atoms with Crippen molar-refractivity contribution >= 4 is 5.91 Å². The molecule has 3 fully saturated rings. The highest BCUT2D eigenvalue weighted by atomic mass is 16.3. The Morgan fingerprint density at radius 3 is 2.75 bits per heavy atom. The van der Waals surface area contributed by atoms with E-state index in [4.69, 9.17) is 0 Å². The van der Waals surface area contributed by atoms with Gasteiger partial charge in [-0.05, 0) is 62.8 Å². The quantitative estimate of drug-likeness (QED) is 0.733. The molecule has 20 heavy (non-hydrogen) atoms. The fourth-order valence-electron chi connectivity index (χ4n) is 4.45. The van der Waals surface area contributed by atoms with Crippen LogP contribution >= 0.6 is 0 Å². The van der Waals surface area contributed by atoms with E-state index in [0.29, 0.717) is 11.8 Å². The second-order valence-electron chi connectivity index (χ2n) is 7.35. The average molecular weight is 280 g/mol. The molecule has 1 aliphatic heterocycles. The van der Waals surface area contributed by atoms with Crippen LogP contribution in [0.1, 0.15) is 51.9 Å². The lowest BCUT2D eigenvalue weighted by molar-refractivity contribution is -0.127. The third kappa shape index (κ3) is 2.60. The zero-order chi connectivity index (χ0) is 14.2. The van der Waals surface area contributed by atoms with Crippen molar-refractivity contribution in [2.45, 2.75) is 63.5 Å². The minimum absolute atomic E-state index is 0.0229. The molecule has 1 heterocycles. The van der Waals surface area contributed by atoms with Crippen LogP contribution in [0.25, 0.3) is 0 Å². The zero-order valence-corrected chi connectivity index (χ0v) is 12.5. The molecule has 1 amide bonds. The van der Waals surface area contributed by atoms with Crippen molar-refractivity contribution in [2.24, 2.45) is 17.8 Å². The van der Waals surface area contributed by atoms with E-state index in [0.717, 1.165) is 38.1 Å². The molecule has 0 bridgehead atoms. The summed E-state index contributed by atoms with van der Waals surface area (Å²) >= 11 is 0. The fraction of sp³-hybridized carbons (Fsp3) is 0.938. The minimum atomic E-state index is -0.359. The molecule has 0 spiro atoms. The number of amides is 1. The van der Waals surface area contributed by atoms with Gasteiger partial charge in [0.25, 0.3) is 0 Å². The van der Waals surface area contributed by atoms with E-state index in [1.54, 1.807) is 0 Å². The van der Waals surface area contributed by atoms with E-state index >= 15 is 0 Å². The van der Waals surface area contributed by atoms with E-state index in [1.165, 1.54) is 19.3 Å². The molecular formula is C16H28N2O2. The molecule has 114 valence electrons. The van der Waals surface area contributed by atoms with Crippen molar-refractivity contribution in [3.8, 4) is 0 Å². The van der Waals surface area contributed by atoms with Crippen LogP contribution in [0.2, 0.25) is 0 Å². The molecule has 3 unspecified atom stereocenters. The van der Waals surface area contributed by atoms with Gasteiger partial charge in [-0.15, -0.1) is 0 Å². The molecule has 4 nitrogen and oxygen atoms in total. The van der Waals surface area contributed by atoms with Crippen LogP contribution < -0.4 is 10.6 Å². The summed E-state index contributed by atoms with van der Waals surface area (Å²) in [6, 6.07) is -0.0229. The maximum Gasteiger partial charge on any atom is 0.237 e. The van der Waals surface area contributed by atoms with Gasteiger partial charge in [-0.1, -0.05) is 13.3 Å². The second-order valence-corrected chi connectivity index (χ2v) is 7.35. The number of aliphatic hydroxyl groups is 1. The summed E-state index contributed by atoms with van der Waals surface area (Å²) in [7, 11) is 0. The highest BCUT2D eigenvalue weighted by Gasteiger charge is 2.44. The predicted octanol–water partition coefficient (Wildman–Crippen LogP) is 1.43. The number of fused-ring (bicyclic) bond motifs is 1. The first kappa shape index (κ1) is 14.3. The van der Waals surface area contributed by atoms with Crippen LogP contribution in [0.15, 0.2) is 0 Å². The summed E-state index contributed by atoms with van der Waals surface area (Å²) in [5.41, 5.74) is -0.359. The van der Waals surface area contributed by atoms with Crippen LogP contribution in [0.4, 0.5) is 0 Å². The lowest BCUT2D eigenvalue weighted by atomic mass is 9.77. The first-order valence-electron chi connectivity index (χ1n) is 8.30. The number of carbonyl (C=O) groups is 1. The summed E-state index contributed by atoms with van der Waals surface area (Å²) in [5, 5.41) is 16.4. The molecule has 3 rings (SSSR count). The van der Waals surface area contributed by atoms with Gasteiger partial charge in [0.2, 0.25) is 5.91 Å². The number of rotatable bonds is 3. The Hall–Kier alpha value is -0.610. The normalized spacial score (nSPS) is 44.3. The molecular weight excluding hydrogens is 252 g/mol. The Morgan fingerprint density at radius 2 is 2.05 bits per heavy atom. The van der Waals surface area contributed by atoms with Crippen molar-refractivity contribution < 1.29 is 9.90 Å². The van der Waals surface area contributed by atoms with Crippen LogP contribution in [0.5, 0.6) is 0 Å².